The second-order valence-corrected chi connectivity index (χ2v) is 4.71. The van der Waals surface area contributed by atoms with E-state index in [2.05, 4.69) is 19.9 Å². The van der Waals surface area contributed by atoms with Gasteiger partial charge in [0.05, 0.1) is 0 Å². The monoisotopic (exact) mass is 233 g/mol. The van der Waals surface area contributed by atoms with E-state index in [4.69, 9.17) is 0 Å². The van der Waals surface area contributed by atoms with Crippen molar-refractivity contribution in [3.63, 3.8) is 0 Å². The van der Waals surface area contributed by atoms with E-state index in [1.54, 1.807) is 0 Å². The van der Waals surface area contributed by atoms with Gasteiger partial charge in [-0.15, -0.1) is 0 Å². The van der Waals surface area contributed by atoms with Gasteiger partial charge in [0.1, 0.15) is 0 Å². The van der Waals surface area contributed by atoms with E-state index in [0.717, 1.165) is 24.2 Å². The summed E-state index contributed by atoms with van der Waals surface area (Å²) < 4.78 is 0. The zero-order valence-electron chi connectivity index (χ0n) is 11.6. The van der Waals surface area contributed by atoms with E-state index in [-0.39, 0.29) is 5.91 Å². The maximum absolute atomic E-state index is 12.3. The molecule has 0 heterocycles. The highest BCUT2D eigenvalue weighted by Crippen LogP contribution is 2.19. The minimum Gasteiger partial charge on any atom is -0.339 e. The molecule has 0 aliphatic heterocycles. The second-order valence-electron chi connectivity index (χ2n) is 4.71. The van der Waals surface area contributed by atoms with Crippen LogP contribution in [0, 0.1) is 6.92 Å². The maximum Gasteiger partial charge on any atom is 0.254 e. The molecule has 0 radical (unpaired) electrons. The van der Waals surface area contributed by atoms with Crippen molar-refractivity contribution in [3.05, 3.63) is 34.9 Å². The lowest BCUT2D eigenvalue weighted by Crippen LogP contribution is -2.31. The van der Waals surface area contributed by atoms with Crippen LogP contribution in [-0.4, -0.2) is 23.9 Å². The molecule has 17 heavy (non-hydrogen) atoms. The van der Waals surface area contributed by atoms with Gasteiger partial charge in [-0.25, -0.2) is 0 Å². The Balaban J connectivity index is 3.11. The summed E-state index contributed by atoms with van der Waals surface area (Å²) in [5.41, 5.74) is 3.14. The topological polar surface area (TPSA) is 20.3 Å². The highest BCUT2D eigenvalue weighted by atomic mass is 16.2. The van der Waals surface area contributed by atoms with Gasteiger partial charge < -0.3 is 4.90 Å². The quantitative estimate of drug-likeness (QED) is 0.778. The fourth-order valence-corrected chi connectivity index (χ4v) is 1.91. The Morgan fingerprint density at radius 3 is 2.29 bits per heavy atom. The first-order valence-corrected chi connectivity index (χ1v) is 6.41. The number of aryl methyl sites for hydroxylation is 1. The van der Waals surface area contributed by atoms with Crippen LogP contribution in [0.25, 0.3) is 0 Å². The van der Waals surface area contributed by atoms with Crippen LogP contribution in [0.15, 0.2) is 18.2 Å². The second kappa shape index (κ2) is 5.85. The molecular weight excluding hydrogens is 210 g/mol. The molecule has 0 spiro atoms. The highest BCUT2D eigenvalue weighted by Gasteiger charge is 2.15. The first-order chi connectivity index (χ1) is 8.01. The zero-order chi connectivity index (χ0) is 13.0. The van der Waals surface area contributed by atoms with Crippen molar-refractivity contribution in [1.29, 1.82) is 0 Å². The first-order valence-electron chi connectivity index (χ1n) is 6.41. The van der Waals surface area contributed by atoms with E-state index >= 15 is 0 Å². The van der Waals surface area contributed by atoms with Crippen LogP contribution >= 0.6 is 0 Å². The van der Waals surface area contributed by atoms with Crippen LogP contribution in [0.3, 0.4) is 0 Å². The third-order valence-electron chi connectivity index (χ3n) is 3.21. The smallest absolute Gasteiger partial charge is 0.254 e. The molecule has 0 saturated carbocycles. The van der Waals surface area contributed by atoms with Gasteiger partial charge in [0.2, 0.25) is 0 Å². The highest BCUT2D eigenvalue weighted by molar-refractivity contribution is 5.95. The third-order valence-corrected chi connectivity index (χ3v) is 3.21. The van der Waals surface area contributed by atoms with Crippen molar-refractivity contribution in [2.45, 2.75) is 40.5 Å². The van der Waals surface area contributed by atoms with Crippen LogP contribution in [0.2, 0.25) is 0 Å². The molecule has 1 amide bonds. The van der Waals surface area contributed by atoms with Crippen molar-refractivity contribution < 1.29 is 4.79 Å². The lowest BCUT2D eigenvalue weighted by atomic mass is 9.97. The van der Waals surface area contributed by atoms with Gasteiger partial charge in [-0.05, 0) is 43.9 Å². The van der Waals surface area contributed by atoms with Crippen LogP contribution in [-0.2, 0) is 0 Å². The molecule has 0 bridgehead atoms. The Kier molecular flexibility index (Phi) is 4.73. The summed E-state index contributed by atoms with van der Waals surface area (Å²) in [4.78, 5) is 14.2. The molecule has 2 nitrogen and oxygen atoms in total. The van der Waals surface area contributed by atoms with E-state index in [9.17, 15) is 4.79 Å². The Bertz CT molecular complexity index is 392. The van der Waals surface area contributed by atoms with Crippen LogP contribution in [0.1, 0.15) is 55.1 Å². The Morgan fingerprint density at radius 1 is 1.24 bits per heavy atom. The van der Waals surface area contributed by atoms with Gasteiger partial charge in [-0.2, -0.15) is 0 Å². The fourth-order valence-electron chi connectivity index (χ4n) is 1.91. The molecule has 0 atom stereocenters. The summed E-state index contributed by atoms with van der Waals surface area (Å²) in [7, 11) is 0. The largest absolute Gasteiger partial charge is 0.339 e. The fraction of sp³-hybridized carbons (Fsp3) is 0.533. The predicted octanol–water partition coefficient (Wildman–Crippen LogP) is 3.60. The molecule has 1 aromatic rings. The number of rotatable bonds is 4. The summed E-state index contributed by atoms with van der Waals surface area (Å²) in [6.45, 7) is 11.9. The minimum absolute atomic E-state index is 0.148. The summed E-state index contributed by atoms with van der Waals surface area (Å²) >= 11 is 0. The average Bonchev–Trinajstić information content (AvgIpc) is 2.30. The van der Waals surface area contributed by atoms with Gasteiger partial charge in [-0.1, -0.05) is 26.0 Å². The van der Waals surface area contributed by atoms with Crippen molar-refractivity contribution >= 4 is 5.91 Å². The molecule has 0 aromatic heterocycles. The van der Waals surface area contributed by atoms with Crippen LogP contribution in [0.4, 0.5) is 0 Å². The number of carbonyl (C=O) groups excluding carboxylic acids is 1. The van der Waals surface area contributed by atoms with E-state index in [0.29, 0.717) is 5.92 Å². The third kappa shape index (κ3) is 3.09. The maximum atomic E-state index is 12.3. The van der Waals surface area contributed by atoms with Crippen molar-refractivity contribution in [3.8, 4) is 0 Å². The first kappa shape index (κ1) is 13.8. The molecular formula is C15H23NO. The van der Waals surface area contributed by atoms with Gasteiger partial charge in [0, 0.05) is 18.7 Å². The van der Waals surface area contributed by atoms with E-state index in [1.807, 2.05) is 37.8 Å². The Labute approximate surface area is 105 Å². The number of benzene rings is 1. The standard InChI is InChI=1S/C15H23NO/c1-6-16(7-2)15(17)14-10-13(11(3)4)9-8-12(14)5/h8-11H,6-7H2,1-5H3. The lowest BCUT2D eigenvalue weighted by molar-refractivity contribution is 0.0772. The summed E-state index contributed by atoms with van der Waals surface area (Å²) in [5, 5.41) is 0. The van der Waals surface area contributed by atoms with Gasteiger partial charge >= 0.3 is 0 Å². The number of nitrogens with zero attached hydrogens (tertiary/aromatic N) is 1. The molecule has 0 unspecified atom stereocenters. The molecule has 0 aliphatic carbocycles. The molecule has 0 saturated heterocycles. The molecule has 0 aliphatic rings. The van der Waals surface area contributed by atoms with Gasteiger partial charge in [-0.3, -0.25) is 4.79 Å². The molecule has 0 fully saturated rings. The molecule has 1 rings (SSSR count). The molecule has 94 valence electrons. The number of hydrogen-bond donors (Lipinski definition) is 0. The normalized spacial score (nSPS) is 10.7. The van der Waals surface area contributed by atoms with Crippen molar-refractivity contribution in [2.75, 3.05) is 13.1 Å². The van der Waals surface area contributed by atoms with Gasteiger partial charge in [0.15, 0.2) is 0 Å². The number of amides is 1. The minimum atomic E-state index is 0.148. The van der Waals surface area contributed by atoms with Crippen LogP contribution < -0.4 is 0 Å². The number of carbonyl (C=O) groups is 1. The van der Waals surface area contributed by atoms with E-state index < -0.39 is 0 Å². The van der Waals surface area contributed by atoms with E-state index in [1.165, 1.54) is 5.56 Å². The average molecular weight is 233 g/mol. The molecule has 0 N–H and O–H groups in total. The zero-order valence-corrected chi connectivity index (χ0v) is 11.6. The van der Waals surface area contributed by atoms with Crippen molar-refractivity contribution in [1.82, 2.24) is 4.90 Å². The Morgan fingerprint density at radius 2 is 1.82 bits per heavy atom. The SMILES string of the molecule is CCN(CC)C(=O)c1cc(C(C)C)ccc1C. The molecule has 2 heteroatoms. The Hall–Kier alpha value is -1.31. The summed E-state index contributed by atoms with van der Waals surface area (Å²) in [6.07, 6.45) is 0. The van der Waals surface area contributed by atoms with Crippen LogP contribution in [0.5, 0.6) is 0 Å². The predicted molar refractivity (Wildman–Crippen MR) is 72.5 cm³/mol. The molecule has 1 aromatic carbocycles. The summed E-state index contributed by atoms with van der Waals surface area (Å²) in [5.74, 6) is 0.605. The summed E-state index contributed by atoms with van der Waals surface area (Å²) in [6, 6.07) is 6.20. The lowest BCUT2D eigenvalue weighted by Gasteiger charge is -2.20. The number of hydrogen-bond acceptors (Lipinski definition) is 1. The van der Waals surface area contributed by atoms with Crippen molar-refractivity contribution in [2.24, 2.45) is 0 Å². The van der Waals surface area contributed by atoms with Gasteiger partial charge in [0.25, 0.3) is 5.91 Å².